The largest absolute Gasteiger partial charge is 0.495 e. The third-order valence-electron chi connectivity index (χ3n) is 6.25. The highest BCUT2D eigenvalue weighted by Crippen LogP contribution is 2.36. The number of para-hydroxylation sites is 1. The number of benzene rings is 2. The molecule has 0 unspecified atom stereocenters. The summed E-state index contributed by atoms with van der Waals surface area (Å²) in [5.41, 5.74) is 7.19. The maximum atomic E-state index is 13.8. The number of nitrogens with two attached hydrogens (primary N) is 1. The summed E-state index contributed by atoms with van der Waals surface area (Å²) in [5, 5.41) is 0.493. The lowest BCUT2D eigenvalue weighted by atomic mass is 9.77. The molecule has 1 aliphatic rings. The standard InChI is InChI=1S/C23H28BN3O3/c1-6-17(25)20-26-18-14-10-13-16(24-29-22(2,3)23(4,5)30-24)19(18)21(28)27(20)15-11-8-7-9-12-15/h7-14,17H,6,25H2,1-5H3/t17-/m0/s1. The van der Waals surface area contributed by atoms with E-state index in [1.54, 1.807) is 4.57 Å². The summed E-state index contributed by atoms with van der Waals surface area (Å²) in [4.78, 5) is 18.6. The van der Waals surface area contributed by atoms with Crippen molar-refractivity contribution in [2.45, 2.75) is 58.3 Å². The van der Waals surface area contributed by atoms with Crippen LogP contribution >= 0.6 is 0 Å². The van der Waals surface area contributed by atoms with Gasteiger partial charge in [0.15, 0.2) is 0 Å². The molecule has 1 atom stereocenters. The molecule has 3 aromatic rings. The first-order chi connectivity index (χ1) is 14.2. The normalized spacial score (nSPS) is 18.7. The summed E-state index contributed by atoms with van der Waals surface area (Å²) < 4.78 is 14.1. The molecule has 156 valence electrons. The molecule has 0 radical (unpaired) electrons. The average molecular weight is 405 g/mol. The van der Waals surface area contributed by atoms with Crippen LogP contribution in [0.15, 0.2) is 53.3 Å². The maximum absolute atomic E-state index is 13.8. The molecule has 0 amide bonds. The zero-order valence-corrected chi connectivity index (χ0v) is 18.2. The van der Waals surface area contributed by atoms with Gasteiger partial charge in [0.2, 0.25) is 0 Å². The van der Waals surface area contributed by atoms with Crippen LogP contribution < -0.4 is 16.8 Å². The molecule has 6 nitrogen and oxygen atoms in total. The van der Waals surface area contributed by atoms with Crippen molar-refractivity contribution in [2.75, 3.05) is 0 Å². The zero-order chi connectivity index (χ0) is 21.7. The van der Waals surface area contributed by atoms with Gasteiger partial charge in [-0.15, -0.1) is 0 Å². The number of fused-ring (bicyclic) bond motifs is 1. The summed E-state index contributed by atoms with van der Waals surface area (Å²) in [6.07, 6.45) is 0.668. The molecule has 1 aliphatic heterocycles. The van der Waals surface area contributed by atoms with Gasteiger partial charge in [-0.1, -0.05) is 37.3 Å². The van der Waals surface area contributed by atoms with Gasteiger partial charge in [0.05, 0.1) is 33.8 Å². The Morgan fingerprint density at radius 2 is 1.67 bits per heavy atom. The van der Waals surface area contributed by atoms with E-state index >= 15 is 0 Å². The van der Waals surface area contributed by atoms with Gasteiger partial charge in [-0.25, -0.2) is 4.98 Å². The van der Waals surface area contributed by atoms with E-state index < -0.39 is 18.3 Å². The van der Waals surface area contributed by atoms with Crippen molar-refractivity contribution < 1.29 is 9.31 Å². The topological polar surface area (TPSA) is 79.4 Å². The van der Waals surface area contributed by atoms with E-state index in [4.69, 9.17) is 20.0 Å². The van der Waals surface area contributed by atoms with E-state index in [1.807, 2.05) is 83.1 Å². The van der Waals surface area contributed by atoms with Crippen LogP contribution in [0.2, 0.25) is 0 Å². The van der Waals surface area contributed by atoms with Gasteiger partial charge in [-0.3, -0.25) is 9.36 Å². The zero-order valence-electron chi connectivity index (χ0n) is 18.2. The molecule has 1 saturated heterocycles. The third-order valence-corrected chi connectivity index (χ3v) is 6.25. The predicted molar refractivity (Wildman–Crippen MR) is 120 cm³/mol. The van der Waals surface area contributed by atoms with Gasteiger partial charge < -0.3 is 15.0 Å². The fourth-order valence-electron chi connectivity index (χ4n) is 3.70. The quantitative estimate of drug-likeness (QED) is 0.675. The fraction of sp³-hybridized carbons (Fsp3) is 0.391. The number of nitrogens with zero attached hydrogens (tertiary/aromatic N) is 2. The first-order valence-corrected chi connectivity index (χ1v) is 10.4. The summed E-state index contributed by atoms with van der Waals surface area (Å²) >= 11 is 0. The highest BCUT2D eigenvalue weighted by Gasteiger charge is 2.52. The van der Waals surface area contributed by atoms with Crippen LogP contribution in [0, 0.1) is 0 Å². The number of hydrogen-bond donors (Lipinski definition) is 1. The van der Waals surface area contributed by atoms with Crippen LogP contribution in [-0.2, 0) is 9.31 Å². The van der Waals surface area contributed by atoms with Crippen molar-refractivity contribution >= 4 is 23.5 Å². The molecule has 2 N–H and O–H groups in total. The van der Waals surface area contributed by atoms with E-state index in [0.29, 0.717) is 28.6 Å². The van der Waals surface area contributed by atoms with Crippen molar-refractivity contribution in [3.05, 3.63) is 64.7 Å². The highest BCUT2D eigenvalue weighted by molar-refractivity contribution is 6.65. The lowest BCUT2D eigenvalue weighted by Crippen LogP contribution is -2.41. The Kier molecular flexibility index (Phi) is 5.08. The minimum absolute atomic E-state index is 0.171. The maximum Gasteiger partial charge on any atom is 0.495 e. The minimum Gasteiger partial charge on any atom is -0.399 e. The number of hydrogen-bond acceptors (Lipinski definition) is 5. The molecule has 1 aromatic heterocycles. The van der Waals surface area contributed by atoms with E-state index in [0.717, 1.165) is 5.69 Å². The smallest absolute Gasteiger partial charge is 0.399 e. The van der Waals surface area contributed by atoms with Gasteiger partial charge in [-0.2, -0.15) is 0 Å². The Balaban J connectivity index is 1.99. The van der Waals surface area contributed by atoms with Crippen LogP contribution in [0.25, 0.3) is 16.6 Å². The second-order valence-electron chi connectivity index (χ2n) is 8.79. The van der Waals surface area contributed by atoms with Crippen molar-refractivity contribution in [3.63, 3.8) is 0 Å². The number of rotatable bonds is 4. The molecule has 0 spiro atoms. The van der Waals surface area contributed by atoms with Crippen LogP contribution in [0.1, 0.15) is 52.9 Å². The van der Waals surface area contributed by atoms with Crippen LogP contribution in [-0.4, -0.2) is 27.9 Å². The second-order valence-corrected chi connectivity index (χ2v) is 8.79. The summed E-state index contributed by atoms with van der Waals surface area (Å²) in [6.45, 7) is 9.97. The fourth-order valence-corrected chi connectivity index (χ4v) is 3.70. The van der Waals surface area contributed by atoms with E-state index in [1.165, 1.54) is 0 Å². The lowest BCUT2D eigenvalue weighted by molar-refractivity contribution is 0.00578. The Morgan fingerprint density at radius 3 is 2.27 bits per heavy atom. The van der Waals surface area contributed by atoms with Gasteiger partial charge >= 0.3 is 7.12 Å². The first kappa shape index (κ1) is 20.8. The van der Waals surface area contributed by atoms with Gasteiger partial charge in [0, 0.05) is 0 Å². The van der Waals surface area contributed by atoms with Crippen LogP contribution in [0.4, 0.5) is 0 Å². The molecule has 0 saturated carbocycles. The van der Waals surface area contributed by atoms with E-state index in [9.17, 15) is 4.79 Å². The van der Waals surface area contributed by atoms with Crippen molar-refractivity contribution in [1.82, 2.24) is 9.55 Å². The lowest BCUT2D eigenvalue weighted by Gasteiger charge is -2.32. The SMILES string of the molecule is CC[C@H](N)c1nc2cccc(B3OC(C)(C)C(C)(C)O3)c2c(=O)n1-c1ccccc1. The molecule has 4 rings (SSSR count). The first-order valence-electron chi connectivity index (χ1n) is 10.4. The second kappa shape index (κ2) is 7.34. The summed E-state index contributed by atoms with van der Waals surface area (Å²) in [5.74, 6) is 0.548. The van der Waals surface area contributed by atoms with Crippen LogP contribution in [0.5, 0.6) is 0 Å². The minimum atomic E-state index is -0.650. The third kappa shape index (κ3) is 3.27. The van der Waals surface area contributed by atoms with Gasteiger partial charge in [0.1, 0.15) is 5.82 Å². The Bertz CT molecular complexity index is 1130. The average Bonchev–Trinajstić information content (AvgIpc) is 2.94. The molecule has 7 heteroatoms. The number of aromatic nitrogens is 2. The van der Waals surface area contributed by atoms with Crippen molar-refractivity contribution in [2.24, 2.45) is 5.73 Å². The van der Waals surface area contributed by atoms with Gasteiger partial charge in [0.25, 0.3) is 5.56 Å². The van der Waals surface area contributed by atoms with E-state index in [-0.39, 0.29) is 11.6 Å². The predicted octanol–water partition coefficient (Wildman–Crippen LogP) is 3.09. The van der Waals surface area contributed by atoms with Crippen molar-refractivity contribution in [1.29, 1.82) is 0 Å². The Hall–Kier alpha value is -2.48. The molecule has 0 aliphatic carbocycles. The van der Waals surface area contributed by atoms with Crippen LogP contribution in [0.3, 0.4) is 0 Å². The molecular weight excluding hydrogens is 377 g/mol. The summed E-state index contributed by atoms with van der Waals surface area (Å²) in [7, 11) is -0.650. The Morgan fingerprint density at radius 1 is 1.03 bits per heavy atom. The molecule has 1 fully saturated rings. The van der Waals surface area contributed by atoms with Crippen molar-refractivity contribution in [3.8, 4) is 5.69 Å². The molecule has 30 heavy (non-hydrogen) atoms. The Labute approximate surface area is 177 Å². The molecule has 0 bridgehead atoms. The molecular formula is C23H28BN3O3. The molecule has 2 heterocycles. The van der Waals surface area contributed by atoms with E-state index in [2.05, 4.69) is 0 Å². The summed E-state index contributed by atoms with van der Waals surface area (Å²) in [6, 6.07) is 14.7. The monoisotopic (exact) mass is 405 g/mol. The highest BCUT2D eigenvalue weighted by atomic mass is 16.7. The molecule has 2 aromatic carbocycles. The van der Waals surface area contributed by atoms with Gasteiger partial charge in [-0.05, 0) is 57.8 Å².